The van der Waals surface area contributed by atoms with E-state index in [0.717, 1.165) is 5.92 Å². The topological polar surface area (TPSA) is 26.0 Å². The predicted octanol–water partition coefficient (Wildman–Crippen LogP) is 4.65. The van der Waals surface area contributed by atoms with Gasteiger partial charge in [0.2, 0.25) is 0 Å². The molecule has 3 rings (SSSR count). The molecule has 0 spiro atoms. The molecule has 1 heterocycles. The Kier molecular flexibility index (Phi) is 3.59. The van der Waals surface area contributed by atoms with Crippen LogP contribution >= 0.6 is 0 Å². The van der Waals surface area contributed by atoms with Crippen molar-refractivity contribution in [3.05, 3.63) is 30.0 Å². The van der Waals surface area contributed by atoms with Crippen LogP contribution in [0.4, 0.5) is 13.2 Å². The van der Waals surface area contributed by atoms with Gasteiger partial charge in [-0.15, -0.1) is 0 Å². The third-order valence-corrected chi connectivity index (χ3v) is 2.92. The number of benzene rings is 1. The Labute approximate surface area is 103 Å². The van der Waals surface area contributed by atoms with E-state index in [1.807, 2.05) is 0 Å². The minimum atomic E-state index is -4.45. The number of fused-ring (bicyclic) bond motifs is 1. The summed E-state index contributed by atoms with van der Waals surface area (Å²) in [6.45, 7) is 2.26. The van der Waals surface area contributed by atoms with Gasteiger partial charge in [-0.05, 0) is 18.1 Å². The first-order chi connectivity index (χ1) is 8.52. The highest BCUT2D eigenvalue weighted by atomic mass is 19.4. The normalized spacial score (nSPS) is 15.3. The second-order valence-electron chi connectivity index (χ2n) is 4.38. The highest BCUT2D eigenvalue weighted by Crippen LogP contribution is 2.33. The molecule has 1 aromatic carbocycles. The SMILES string of the molecule is CCC1CC1.FC(F)(F)c1noc2ccccc12. The molecule has 98 valence electrons. The van der Waals surface area contributed by atoms with Gasteiger partial charge in [0.05, 0.1) is 5.39 Å². The van der Waals surface area contributed by atoms with Gasteiger partial charge < -0.3 is 4.52 Å². The van der Waals surface area contributed by atoms with Crippen LogP contribution in [0, 0.1) is 5.92 Å². The molecule has 0 saturated heterocycles. The van der Waals surface area contributed by atoms with Crippen LogP contribution in [0.25, 0.3) is 11.0 Å². The predicted molar refractivity (Wildman–Crippen MR) is 62.0 cm³/mol. The maximum atomic E-state index is 12.2. The lowest BCUT2D eigenvalue weighted by Crippen LogP contribution is -2.05. The van der Waals surface area contributed by atoms with Gasteiger partial charge in [-0.25, -0.2) is 0 Å². The van der Waals surface area contributed by atoms with Crippen molar-refractivity contribution >= 4 is 11.0 Å². The van der Waals surface area contributed by atoms with E-state index in [9.17, 15) is 13.2 Å². The lowest BCUT2D eigenvalue weighted by atomic mass is 10.2. The summed E-state index contributed by atoms with van der Waals surface area (Å²) >= 11 is 0. The zero-order chi connectivity index (χ0) is 13.2. The number of alkyl halides is 3. The van der Waals surface area contributed by atoms with Crippen molar-refractivity contribution in [2.45, 2.75) is 32.4 Å². The number of rotatable bonds is 1. The van der Waals surface area contributed by atoms with Crippen LogP contribution < -0.4 is 0 Å². The van der Waals surface area contributed by atoms with Gasteiger partial charge in [0.1, 0.15) is 0 Å². The molecule has 0 aliphatic heterocycles. The van der Waals surface area contributed by atoms with Crippen LogP contribution in [0.2, 0.25) is 0 Å². The third kappa shape index (κ3) is 3.03. The van der Waals surface area contributed by atoms with Gasteiger partial charge in [0.15, 0.2) is 11.3 Å². The zero-order valence-electron chi connectivity index (χ0n) is 10.00. The minimum Gasteiger partial charge on any atom is -0.356 e. The first kappa shape index (κ1) is 12.9. The second-order valence-corrected chi connectivity index (χ2v) is 4.38. The van der Waals surface area contributed by atoms with E-state index in [0.29, 0.717) is 0 Å². The fraction of sp³-hybridized carbons (Fsp3) is 0.462. The van der Waals surface area contributed by atoms with Crippen molar-refractivity contribution in [2.75, 3.05) is 0 Å². The second kappa shape index (κ2) is 5.00. The Bertz CT molecular complexity index is 514. The summed E-state index contributed by atoms with van der Waals surface area (Å²) in [6, 6.07) is 5.87. The van der Waals surface area contributed by atoms with E-state index in [2.05, 4.69) is 16.6 Å². The molecule has 0 N–H and O–H groups in total. The molecular formula is C13H14F3NO. The third-order valence-electron chi connectivity index (χ3n) is 2.92. The first-order valence-electron chi connectivity index (χ1n) is 5.94. The highest BCUT2D eigenvalue weighted by molar-refractivity contribution is 5.79. The maximum absolute atomic E-state index is 12.2. The van der Waals surface area contributed by atoms with E-state index < -0.39 is 11.9 Å². The summed E-state index contributed by atoms with van der Waals surface area (Å²) in [6.07, 6.45) is -0.0143. The molecule has 1 aliphatic rings. The Morgan fingerprint density at radius 3 is 2.44 bits per heavy atom. The van der Waals surface area contributed by atoms with Gasteiger partial charge in [-0.1, -0.05) is 43.5 Å². The lowest BCUT2D eigenvalue weighted by Gasteiger charge is -1.99. The monoisotopic (exact) mass is 257 g/mol. The summed E-state index contributed by atoms with van der Waals surface area (Å²) < 4.78 is 41.2. The van der Waals surface area contributed by atoms with Crippen molar-refractivity contribution in [3.63, 3.8) is 0 Å². The molecule has 2 nitrogen and oxygen atoms in total. The standard InChI is InChI=1S/C8H4F3NO.C5H10/c9-8(10,11)7-5-3-1-2-4-6(5)13-12-7;1-2-5-3-4-5/h1-4H;5H,2-4H2,1H3. The fourth-order valence-electron chi connectivity index (χ4n) is 1.62. The molecule has 0 atom stereocenters. The van der Waals surface area contributed by atoms with Gasteiger partial charge >= 0.3 is 6.18 Å². The van der Waals surface area contributed by atoms with Crippen molar-refractivity contribution in [1.82, 2.24) is 5.16 Å². The van der Waals surface area contributed by atoms with Gasteiger partial charge in [0, 0.05) is 0 Å². The van der Waals surface area contributed by atoms with E-state index >= 15 is 0 Å². The first-order valence-corrected chi connectivity index (χ1v) is 5.94. The Morgan fingerprint density at radius 1 is 1.28 bits per heavy atom. The number of halogens is 3. The maximum Gasteiger partial charge on any atom is 0.437 e. The average Bonchev–Trinajstić information content (AvgIpc) is 3.06. The van der Waals surface area contributed by atoms with Crippen molar-refractivity contribution in [3.8, 4) is 0 Å². The van der Waals surface area contributed by atoms with Crippen LogP contribution in [0.5, 0.6) is 0 Å². The number of hydrogen-bond donors (Lipinski definition) is 0. The molecule has 0 bridgehead atoms. The highest BCUT2D eigenvalue weighted by Gasteiger charge is 2.36. The van der Waals surface area contributed by atoms with Crippen LogP contribution in [0.15, 0.2) is 28.8 Å². The Morgan fingerprint density at radius 2 is 1.94 bits per heavy atom. The van der Waals surface area contributed by atoms with Crippen molar-refractivity contribution in [2.24, 2.45) is 5.92 Å². The van der Waals surface area contributed by atoms with Crippen LogP contribution in [0.3, 0.4) is 0 Å². The van der Waals surface area contributed by atoms with E-state index in [4.69, 9.17) is 0 Å². The minimum absolute atomic E-state index is 0.00463. The fourth-order valence-corrected chi connectivity index (χ4v) is 1.62. The molecule has 0 unspecified atom stereocenters. The summed E-state index contributed by atoms with van der Waals surface area (Å²) in [5.74, 6) is 1.13. The number of aromatic nitrogens is 1. The Balaban J connectivity index is 0.000000202. The van der Waals surface area contributed by atoms with Gasteiger partial charge in [0.25, 0.3) is 0 Å². The summed E-state index contributed by atoms with van der Waals surface area (Å²) in [5.41, 5.74) is -0.821. The van der Waals surface area contributed by atoms with Crippen molar-refractivity contribution in [1.29, 1.82) is 0 Å². The number of hydrogen-bond acceptors (Lipinski definition) is 2. The smallest absolute Gasteiger partial charge is 0.356 e. The average molecular weight is 257 g/mol. The molecule has 1 saturated carbocycles. The molecule has 5 heteroatoms. The van der Waals surface area contributed by atoms with E-state index in [-0.39, 0.29) is 11.0 Å². The molecular weight excluding hydrogens is 243 g/mol. The van der Waals surface area contributed by atoms with E-state index in [1.165, 1.54) is 37.5 Å². The van der Waals surface area contributed by atoms with E-state index in [1.54, 1.807) is 6.07 Å². The molecule has 0 amide bonds. The lowest BCUT2D eigenvalue weighted by molar-refractivity contribution is -0.141. The summed E-state index contributed by atoms with van der Waals surface area (Å²) in [5, 5.41) is 2.96. The molecule has 18 heavy (non-hydrogen) atoms. The molecule has 0 radical (unpaired) electrons. The quantitative estimate of drug-likeness (QED) is 0.743. The van der Waals surface area contributed by atoms with Crippen LogP contribution in [-0.4, -0.2) is 5.16 Å². The molecule has 1 aliphatic carbocycles. The summed E-state index contributed by atoms with van der Waals surface area (Å²) in [7, 11) is 0. The van der Waals surface area contributed by atoms with Crippen LogP contribution in [0.1, 0.15) is 31.9 Å². The molecule has 1 aromatic heterocycles. The van der Waals surface area contributed by atoms with Gasteiger partial charge in [-0.2, -0.15) is 13.2 Å². The largest absolute Gasteiger partial charge is 0.437 e. The summed E-state index contributed by atoms with van der Waals surface area (Å²) in [4.78, 5) is 0. The van der Waals surface area contributed by atoms with Crippen molar-refractivity contribution < 1.29 is 17.7 Å². The Hall–Kier alpha value is -1.52. The molecule has 1 fully saturated rings. The molecule has 2 aromatic rings. The van der Waals surface area contributed by atoms with Gasteiger partial charge in [-0.3, -0.25) is 0 Å². The number of para-hydroxylation sites is 1. The zero-order valence-corrected chi connectivity index (χ0v) is 10.00. The van der Waals surface area contributed by atoms with Crippen LogP contribution in [-0.2, 0) is 6.18 Å². The number of nitrogens with zero attached hydrogens (tertiary/aromatic N) is 1.